The summed E-state index contributed by atoms with van der Waals surface area (Å²) in [4.78, 5) is 13.3. The Morgan fingerprint density at radius 1 is 1.35 bits per heavy atom. The molecule has 0 heterocycles. The van der Waals surface area contributed by atoms with Gasteiger partial charge in [0.2, 0.25) is 0 Å². The van der Waals surface area contributed by atoms with Crippen molar-refractivity contribution in [3.05, 3.63) is 29.3 Å². The smallest absolute Gasteiger partial charge is 0.251 e. The summed E-state index contributed by atoms with van der Waals surface area (Å²) < 4.78 is 0. The molecule has 0 aromatic heterocycles. The first kappa shape index (κ1) is 14.0. The lowest BCUT2D eigenvalue weighted by molar-refractivity contribution is 0.0914. The molecule has 1 aromatic rings. The first-order chi connectivity index (χ1) is 9.54. The normalized spacial score (nSPS) is 29.4. The molecule has 3 heteroatoms. The van der Waals surface area contributed by atoms with Crippen molar-refractivity contribution in [3.63, 3.8) is 0 Å². The Kier molecular flexibility index (Phi) is 3.80. The fraction of sp³-hybridized carbons (Fsp3) is 0.588. The number of nitrogens with one attached hydrogen (secondary N) is 1. The van der Waals surface area contributed by atoms with E-state index < -0.39 is 0 Å². The largest absolute Gasteiger partial charge is 0.349 e. The van der Waals surface area contributed by atoms with Crippen LogP contribution in [0.2, 0.25) is 0 Å². The summed E-state index contributed by atoms with van der Waals surface area (Å²) in [7, 11) is 0. The molecule has 2 aliphatic carbocycles. The molecule has 2 nitrogen and oxygen atoms in total. The van der Waals surface area contributed by atoms with Crippen LogP contribution in [-0.4, -0.2) is 11.9 Å². The Morgan fingerprint density at radius 3 is 2.80 bits per heavy atom. The first-order valence-electron chi connectivity index (χ1n) is 7.65. The number of hydrogen-bond acceptors (Lipinski definition) is 2. The SMILES string of the molecule is Cc1ccc(S)cc1C(=O)NC(C)C1CC2CCC1C2. The van der Waals surface area contributed by atoms with Crippen molar-refractivity contribution in [2.24, 2.45) is 17.8 Å². The Morgan fingerprint density at radius 2 is 2.15 bits per heavy atom. The molecular formula is C17H23NOS. The number of amides is 1. The highest BCUT2D eigenvalue weighted by molar-refractivity contribution is 7.80. The van der Waals surface area contributed by atoms with Gasteiger partial charge in [-0.2, -0.15) is 0 Å². The number of aryl methyl sites for hydroxylation is 1. The van der Waals surface area contributed by atoms with Crippen molar-refractivity contribution in [2.45, 2.75) is 50.5 Å². The van der Waals surface area contributed by atoms with Crippen molar-refractivity contribution in [1.29, 1.82) is 0 Å². The summed E-state index contributed by atoms with van der Waals surface area (Å²) in [5.74, 6) is 2.49. The Bertz CT molecular complexity index is 528. The van der Waals surface area contributed by atoms with Gasteiger partial charge in [-0.3, -0.25) is 4.79 Å². The van der Waals surface area contributed by atoms with Crippen LogP contribution >= 0.6 is 12.6 Å². The molecule has 1 N–H and O–H groups in total. The molecule has 1 aromatic carbocycles. The summed E-state index contributed by atoms with van der Waals surface area (Å²) >= 11 is 4.33. The van der Waals surface area contributed by atoms with Crippen molar-refractivity contribution in [2.75, 3.05) is 0 Å². The van der Waals surface area contributed by atoms with Gasteiger partial charge in [0, 0.05) is 16.5 Å². The number of benzene rings is 1. The minimum absolute atomic E-state index is 0.0497. The third-order valence-corrected chi connectivity index (χ3v) is 5.54. The second-order valence-corrected chi connectivity index (χ2v) is 7.12. The van der Waals surface area contributed by atoms with Gasteiger partial charge in [-0.25, -0.2) is 0 Å². The molecule has 3 rings (SSSR count). The van der Waals surface area contributed by atoms with Crippen molar-refractivity contribution < 1.29 is 4.79 Å². The Labute approximate surface area is 126 Å². The molecular weight excluding hydrogens is 266 g/mol. The third-order valence-electron chi connectivity index (χ3n) is 5.26. The van der Waals surface area contributed by atoms with E-state index in [-0.39, 0.29) is 11.9 Å². The molecule has 0 saturated heterocycles. The molecule has 4 atom stereocenters. The van der Waals surface area contributed by atoms with E-state index in [9.17, 15) is 4.79 Å². The Balaban J connectivity index is 1.68. The van der Waals surface area contributed by atoms with Crippen LogP contribution < -0.4 is 5.32 Å². The molecule has 0 radical (unpaired) electrons. The van der Waals surface area contributed by atoms with Gasteiger partial charge in [-0.15, -0.1) is 12.6 Å². The van der Waals surface area contributed by atoms with Crippen LogP contribution in [0.3, 0.4) is 0 Å². The fourth-order valence-electron chi connectivity index (χ4n) is 4.15. The lowest BCUT2D eigenvalue weighted by Crippen LogP contribution is -2.40. The summed E-state index contributed by atoms with van der Waals surface area (Å²) in [6.07, 6.45) is 5.46. The van der Waals surface area contributed by atoms with E-state index in [4.69, 9.17) is 0 Å². The predicted molar refractivity (Wildman–Crippen MR) is 84.3 cm³/mol. The maximum absolute atomic E-state index is 12.4. The van der Waals surface area contributed by atoms with Crippen molar-refractivity contribution in [3.8, 4) is 0 Å². The molecule has 108 valence electrons. The van der Waals surface area contributed by atoms with E-state index in [1.807, 2.05) is 25.1 Å². The second-order valence-electron chi connectivity index (χ2n) is 6.60. The number of fused-ring (bicyclic) bond motifs is 2. The standard InChI is InChI=1S/C17H23NOS/c1-10-3-6-14(20)9-15(10)17(19)18-11(2)16-8-12-4-5-13(16)7-12/h3,6,9,11-13,16,20H,4-5,7-8H2,1-2H3,(H,18,19). The number of thiol groups is 1. The molecule has 4 unspecified atom stereocenters. The maximum Gasteiger partial charge on any atom is 0.251 e. The number of carbonyl (C=O) groups excluding carboxylic acids is 1. The zero-order valence-corrected chi connectivity index (χ0v) is 13.1. The van der Waals surface area contributed by atoms with Crippen LogP contribution in [0, 0.1) is 24.7 Å². The summed E-state index contributed by atoms with van der Waals surface area (Å²) in [6.45, 7) is 4.15. The van der Waals surface area contributed by atoms with Gasteiger partial charge in [-0.1, -0.05) is 12.5 Å². The van der Waals surface area contributed by atoms with Crippen LogP contribution in [0.4, 0.5) is 0 Å². The van der Waals surface area contributed by atoms with Crippen LogP contribution in [0.5, 0.6) is 0 Å². The topological polar surface area (TPSA) is 29.1 Å². The fourth-order valence-corrected chi connectivity index (χ4v) is 4.36. The minimum atomic E-state index is 0.0497. The molecule has 0 spiro atoms. The average molecular weight is 289 g/mol. The number of carbonyl (C=O) groups is 1. The zero-order chi connectivity index (χ0) is 14.3. The molecule has 2 saturated carbocycles. The zero-order valence-electron chi connectivity index (χ0n) is 12.2. The van der Waals surface area contributed by atoms with Crippen LogP contribution in [-0.2, 0) is 0 Å². The summed E-state index contributed by atoms with van der Waals surface area (Å²) in [5, 5.41) is 3.22. The lowest BCUT2D eigenvalue weighted by atomic mass is 9.84. The van der Waals surface area contributed by atoms with Crippen LogP contribution in [0.15, 0.2) is 23.1 Å². The van der Waals surface area contributed by atoms with Gasteiger partial charge < -0.3 is 5.32 Å². The van der Waals surface area contributed by atoms with Gasteiger partial charge >= 0.3 is 0 Å². The maximum atomic E-state index is 12.4. The lowest BCUT2D eigenvalue weighted by Gasteiger charge is -2.28. The van der Waals surface area contributed by atoms with Crippen molar-refractivity contribution in [1.82, 2.24) is 5.32 Å². The molecule has 1 amide bonds. The van der Waals surface area contributed by atoms with Crippen LogP contribution in [0.25, 0.3) is 0 Å². The van der Waals surface area contributed by atoms with E-state index in [0.29, 0.717) is 5.92 Å². The average Bonchev–Trinajstić information content (AvgIpc) is 3.03. The van der Waals surface area contributed by atoms with E-state index in [2.05, 4.69) is 24.9 Å². The van der Waals surface area contributed by atoms with E-state index in [1.165, 1.54) is 25.7 Å². The molecule has 2 fully saturated rings. The highest BCUT2D eigenvalue weighted by Crippen LogP contribution is 2.49. The van der Waals surface area contributed by atoms with Gasteiger partial charge in [-0.05, 0) is 68.6 Å². The number of hydrogen-bond donors (Lipinski definition) is 2. The summed E-state index contributed by atoms with van der Waals surface area (Å²) in [6, 6.07) is 6.02. The van der Waals surface area contributed by atoms with Gasteiger partial charge in [0.15, 0.2) is 0 Å². The Hall–Kier alpha value is -0.960. The van der Waals surface area contributed by atoms with E-state index in [0.717, 1.165) is 27.9 Å². The van der Waals surface area contributed by atoms with E-state index >= 15 is 0 Å². The first-order valence-corrected chi connectivity index (χ1v) is 8.10. The third kappa shape index (κ3) is 2.60. The molecule has 2 bridgehead atoms. The molecule has 2 aliphatic rings. The summed E-state index contributed by atoms with van der Waals surface area (Å²) in [5.41, 5.74) is 1.77. The van der Waals surface area contributed by atoms with Gasteiger partial charge in [0.25, 0.3) is 5.91 Å². The molecule has 20 heavy (non-hydrogen) atoms. The quantitative estimate of drug-likeness (QED) is 0.813. The highest BCUT2D eigenvalue weighted by Gasteiger charge is 2.42. The molecule has 0 aliphatic heterocycles. The van der Waals surface area contributed by atoms with Gasteiger partial charge in [0.05, 0.1) is 0 Å². The van der Waals surface area contributed by atoms with E-state index in [1.54, 1.807) is 0 Å². The van der Waals surface area contributed by atoms with Crippen LogP contribution in [0.1, 0.15) is 48.5 Å². The number of rotatable bonds is 3. The van der Waals surface area contributed by atoms with Gasteiger partial charge in [0.1, 0.15) is 0 Å². The minimum Gasteiger partial charge on any atom is -0.349 e. The monoisotopic (exact) mass is 289 g/mol. The van der Waals surface area contributed by atoms with Crippen molar-refractivity contribution >= 4 is 18.5 Å². The highest BCUT2D eigenvalue weighted by atomic mass is 32.1. The predicted octanol–water partition coefficient (Wildman–Crippen LogP) is 3.84. The second kappa shape index (κ2) is 5.44.